The molecule has 8 nitrogen and oxygen atoms in total. The largest absolute Gasteiger partial charge is 0.465 e. The Morgan fingerprint density at radius 3 is 2.46 bits per heavy atom. The molecule has 0 aliphatic carbocycles. The van der Waals surface area contributed by atoms with E-state index in [1.807, 2.05) is 0 Å². The lowest BCUT2D eigenvalue weighted by Crippen LogP contribution is -2.48. The Kier molecular flexibility index (Phi) is 5.06. The van der Waals surface area contributed by atoms with Gasteiger partial charge in [0.2, 0.25) is 10.0 Å². The SMILES string of the molecule is CN(C1COC2(CCN(C(=O)O)CC2)C1)S(=O)(=O)C1CCOCC1. The number of sulfonamides is 1. The van der Waals surface area contributed by atoms with Gasteiger partial charge in [0.1, 0.15) is 0 Å². The summed E-state index contributed by atoms with van der Waals surface area (Å²) in [7, 11) is -1.71. The first-order chi connectivity index (χ1) is 11.3. The van der Waals surface area contributed by atoms with Crippen molar-refractivity contribution in [2.75, 3.05) is 40.0 Å². The number of hydrogen-bond donors (Lipinski definition) is 1. The molecular formula is C15H26N2O6S. The zero-order valence-corrected chi connectivity index (χ0v) is 14.8. The first-order valence-corrected chi connectivity index (χ1v) is 10.0. The molecule has 3 heterocycles. The minimum absolute atomic E-state index is 0.172. The molecule has 3 saturated heterocycles. The van der Waals surface area contributed by atoms with Gasteiger partial charge in [-0.1, -0.05) is 0 Å². The van der Waals surface area contributed by atoms with Crippen LogP contribution in [-0.4, -0.2) is 85.7 Å². The van der Waals surface area contributed by atoms with Crippen LogP contribution in [0.5, 0.6) is 0 Å². The van der Waals surface area contributed by atoms with E-state index in [4.69, 9.17) is 14.6 Å². The fourth-order valence-corrected chi connectivity index (χ4v) is 5.73. The van der Waals surface area contributed by atoms with Gasteiger partial charge in [-0.2, -0.15) is 4.31 Å². The summed E-state index contributed by atoms with van der Waals surface area (Å²) in [6, 6.07) is -0.172. The second-order valence-electron chi connectivity index (χ2n) is 6.99. The third-order valence-electron chi connectivity index (χ3n) is 5.64. The number of carbonyl (C=O) groups is 1. The molecule has 1 atom stereocenters. The molecule has 3 fully saturated rings. The molecule has 1 unspecified atom stereocenters. The van der Waals surface area contributed by atoms with Crippen molar-refractivity contribution in [3.8, 4) is 0 Å². The zero-order chi connectivity index (χ0) is 17.4. The predicted molar refractivity (Wildman–Crippen MR) is 86.4 cm³/mol. The lowest BCUT2D eigenvalue weighted by molar-refractivity contribution is -0.0396. The average molecular weight is 362 g/mol. The number of amides is 1. The molecule has 9 heteroatoms. The third-order valence-corrected chi connectivity index (χ3v) is 8.05. The first kappa shape index (κ1) is 17.9. The van der Waals surface area contributed by atoms with Gasteiger partial charge in [-0.3, -0.25) is 0 Å². The van der Waals surface area contributed by atoms with Crippen molar-refractivity contribution in [1.82, 2.24) is 9.21 Å². The minimum atomic E-state index is -3.36. The molecule has 0 radical (unpaired) electrons. The molecule has 0 aromatic heterocycles. The van der Waals surface area contributed by atoms with Crippen LogP contribution in [0.25, 0.3) is 0 Å². The molecule has 1 N–H and O–H groups in total. The van der Waals surface area contributed by atoms with Crippen LogP contribution in [0.3, 0.4) is 0 Å². The monoisotopic (exact) mass is 362 g/mol. The molecule has 3 aliphatic rings. The summed E-state index contributed by atoms with van der Waals surface area (Å²) in [5.41, 5.74) is -0.379. The van der Waals surface area contributed by atoms with E-state index >= 15 is 0 Å². The Morgan fingerprint density at radius 1 is 1.25 bits per heavy atom. The molecular weight excluding hydrogens is 336 g/mol. The fourth-order valence-electron chi connectivity index (χ4n) is 3.92. The summed E-state index contributed by atoms with van der Waals surface area (Å²) in [4.78, 5) is 12.4. The maximum Gasteiger partial charge on any atom is 0.407 e. The van der Waals surface area contributed by atoms with Gasteiger partial charge in [-0.25, -0.2) is 13.2 Å². The van der Waals surface area contributed by atoms with Gasteiger partial charge < -0.3 is 19.5 Å². The van der Waals surface area contributed by atoms with Gasteiger partial charge >= 0.3 is 6.09 Å². The number of hydrogen-bond acceptors (Lipinski definition) is 5. The number of likely N-dealkylation sites (tertiary alicyclic amines) is 1. The van der Waals surface area contributed by atoms with Crippen LogP contribution < -0.4 is 0 Å². The lowest BCUT2D eigenvalue weighted by Gasteiger charge is -2.37. The molecule has 3 aliphatic heterocycles. The normalized spacial score (nSPS) is 28.6. The van der Waals surface area contributed by atoms with Crippen LogP contribution in [0.4, 0.5) is 4.79 Å². The Bertz CT molecular complexity index is 567. The van der Waals surface area contributed by atoms with E-state index < -0.39 is 16.1 Å². The minimum Gasteiger partial charge on any atom is -0.465 e. The fraction of sp³-hybridized carbons (Fsp3) is 0.933. The molecule has 138 valence electrons. The quantitative estimate of drug-likeness (QED) is 0.795. The molecule has 0 aromatic rings. The maximum absolute atomic E-state index is 12.8. The smallest absolute Gasteiger partial charge is 0.407 e. The molecule has 0 bridgehead atoms. The summed E-state index contributed by atoms with van der Waals surface area (Å²) < 4.78 is 38.4. The van der Waals surface area contributed by atoms with Crippen molar-refractivity contribution in [1.29, 1.82) is 0 Å². The van der Waals surface area contributed by atoms with E-state index in [1.54, 1.807) is 7.05 Å². The van der Waals surface area contributed by atoms with Crippen molar-refractivity contribution in [3.05, 3.63) is 0 Å². The maximum atomic E-state index is 12.8. The molecule has 1 amide bonds. The van der Waals surface area contributed by atoms with E-state index in [0.29, 0.717) is 65.0 Å². The van der Waals surface area contributed by atoms with Crippen molar-refractivity contribution in [2.45, 2.75) is 49.0 Å². The topological polar surface area (TPSA) is 96.4 Å². The van der Waals surface area contributed by atoms with Crippen LogP contribution in [0.1, 0.15) is 32.1 Å². The molecule has 1 spiro atoms. The van der Waals surface area contributed by atoms with E-state index in [9.17, 15) is 13.2 Å². The van der Waals surface area contributed by atoms with E-state index in [0.717, 1.165) is 0 Å². The van der Waals surface area contributed by atoms with Crippen LogP contribution in [0.15, 0.2) is 0 Å². The zero-order valence-electron chi connectivity index (χ0n) is 14.0. The highest BCUT2D eigenvalue weighted by Gasteiger charge is 2.47. The second kappa shape index (κ2) is 6.78. The number of likely N-dealkylation sites (N-methyl/N-ethyl adjacent to an activating group) is 1. The van der Waals surface area contributed by atoms with Gasteiger partial charge in [0.05, 0.1) is 23.5 Å². The summed E-state index contributed by atoms with van der Waals surface area (Å²) in [6.45, 7) is 2.25. The average Bonchev–Trinajstić information content (AvgIpc) is 2.99. The molecule has 0 saturated carbocycles. The number of ether oxygens (including phenoxy) is 2. The second-order valence-corrected chi connectivity index (χ2v) is 9.27. The molecule has 3 rings (SSSR count). The third kappa shape index (κ3) is 3.40. The number of rotatable bonds is 3. The Morgan fingerprint density at radius 2 is 1.88 bits per heavy atom. The van der Waals surface area contributed by atoms with Crippen molar-refractivity contribution >= 4 is 16.1 Å². The summed E-state index contributed by atoms with van der Waals surface area (Å²) >= 11 is 0. The van der Waals surface area contributed by atoms with Gasteiger partial charge in [0, 0.05) is 33.4 Å². The highest BCUT2D eigenvalue weighted by Crippen LogP contribution is 2.38. The van der Waals surface area contributed by atoms with Crippen LogP contribution in [-0.2, 0) is 19.5 Å². The standard InChI is InChI=1S/C15H26N2O6S/c1-16(24(20,21)13-2-8-22-9-3-13)12-10-15(23-11-12)4-6-17(7-5-15)14(18)19/h12-13H,2-11H2,1H3,(H,18,19). The van der Waals surface area contributed by atoms with E-state index in [2.05, 4.69) is 0 Å². The van der Waals surface area contributed by atoms with Gasteiger partial charge in [-0.05, 0) is 32.1 Å². The Hall–Kier alpha value is -0.900. The van der Waals surface area contributed by atoms with Gasteiger partial charge in [0.15, 0.2) is 0 Å². The number of nitrogens with zero attached hydrogens (tertiary/aromatic N) is 2. The van der Waals surface area contributed by atoms with Crippen LogP contribution in [0.2, 0.25) is 0 Å². The highest BCUT2D eigenvalue weighted by molar-refractivity contribution is 7.89. The number of piperidine rings is 1. The number of carboxylic acid groups (broad SMARTS) is 1. The first-order valence-electron chi connectivity index (χ1n) is 8.50. The van der Waals surface area contributed by atoms with Crippen molar-refractivity contribution in [2.24, 2.45) is 0 Å². The molecule has 24 heavy (non-hydrogen) atoms. The van der Waals surface area contributed by atoms with E-state index in [-0.39, 0.29) is 16.9 Å². The van der Waals surface area contributed by atoms with Crippen molar-refractivity contribution in [3.63, 3.8) is 0 Å². The van der Waals surface area contributed by atoms with Crippen molar-refractivity contribution < 1.29 is 27.8 Å². The predicted octanol–water partition coefficient (Wildman–Crippen LogP) is 0.729. The van der Waals surface area contributed by atoms with Gasteiger partial charge in [0.25, 0.3) is 0 Å². The highest BCUT2D eigenvalue weighted by atomic mass is 32.2. The Balaban J connectivity index is 1.62. The summed E-state index contributed by atoms with van der Waals surface area (Å²) in [6.07, 6.45) is 2.07. The summed E-state index contributed by atoms with van der Waals surface area (Å²) in [5.74, 6) is 0. The lowest BCUT2D eigenvalue weighted by atomic mass is 9.87. The van der Waals surface area contributed by atoms with Crippen LogP contribution in [0, 0.1) is 0 Å². The van der Waals surface area contributed by atoms with E-state index in [1.165, 1.54) is 9.21 Å². The Labute approximate surface area is 142 Å². The van der Waals surface area contributed by atoms with Gasteiger partial charge in [-0.15, -0.1) is 0 Å². The molecule has 0 aromatic carbocycles. The summed E-state index contributed by atoms with van der Waals surface area (Å²) in [5, 5.41) is 8.67. The van der Waals surface area contributed by atoms with Crippen LogP contribution >= 0.6 is 0 Å².